The number of thiocarbonyl (C=S) groups is 1. The number of nitrogens with zero attached hydrogens (tertiary/aromatic N) is 3. The summed E-state index contributed by atoms with van der Waals surface area (Å²) in [6.45, 7) is 5.06. The number of hydrogen-bond acceptors (Lipinski definition) is 5. The van der Waals surface area contributed by atoms with E-state index in [2.05, 4.69) is 6.07 Å². The molecule has 5 nitrogen and oxygen atoms in total. The molecular formula is C29H25N3O2S2. The van der Waals surface area contributed by atoms with Gasteiger partial charge in [-0.3, -0.25) is 9.69 Å². The maximum Gasteiger partial charge on any atom is 0.266 e. The molecule has 7 heteroatoms. The third-order valence-electron chi connectivity index (χ3n) is 5.86. The van der Waals surface area contributed by atoms with Crippen LogP contribution in [0.5, 0.6) is 5.75 Å². The molecule has 3 aromatic carbocycles. The molecule has 180 valence electrons. The Balaban J connectivity index is 1.53. The highest BCUT2D eigenvalue weighted by atomic mass is 32.2. The predicted molar refractivity (Wildman–Crippen MR) is 150 cm³/mol. The molecule has 5 rings (SSSR count). The van der Waals surface area contributed by atoms with Crippen molar-refractivity contribution in [1.29, 1.82) is 0 Å². The number of carbonyl (C=O) groups is 1. The molecule has 1 aromatic heterocycles. The van der Waals surface area contributed by atoms with E-state index in [0.717, 1.165) is 39.4 Å². The number of ether oxygens (including phenoxy) is 1. The summed E-state index contributed by atoms with van der Waals surface area (Å²) in [5.74, 6) is 0.766. The van der Waals surface area contributed by atoms with Crippen molar-refractivity contribution in [3.63, 3.8) is 0 Å². The average Bonchev–Trinajstić information content (AvgIpc) is 3.43. The van der Waals surface area contributed by atoms with Crippen molar-refractivity contribution in [3.8, 4) is 22.7 Å². The van der Waals surface area contributed by atoms with Gasteiger partial charge in [-0.2, -0.15) is 5.10 Å². The van der Waals surface area contributed by atoms with Crippen LogP contribution in [0.1, 0.15) is 23.6 Å². The van der Waals surface area contributed by atoms with Gasteiger partial charge in [0.15, 0.2) is 0 Å². The van der Waals surface area contributed by atoms with Crippen LogP contribution in [0, 0.1) is 6.92 Å². The van der Waals surface area contributed by atoms with Gasteiger partial charge in [0.05, 0.1) is 23.7 Å². The fourth-order valence-corrected chi connectivity index (χ4v) is 5.33. The van der Waals surface area contributed by atoms with Gasteiger partial charge in [0.25, 0.3) is 5.91 Å². The van der Waals surface area contributed by atoms with Crippen molar-refractivity contribution < 1.29 is 9.53 Å². The number of thioether (sulfide) groups is 1. The Hall–Kier alpha value is -3.68. The highest BCUT2D eigenvalue weighted by Gasteiger charge is 2.32. The summed E-state index contributed by atoms with van der Waals surface area (Å²) < 4.78 is 8.13. The van der Waals surface area contributed by atoms with Gasteiger partial charge >= 0.3 is 0 Å². The maximum atomic E-state index is 13.3. The maximum absolute atomic E-state index is 13.3. The van der Waals surface area contributed by atoms with E-state index in [9.17, 15) is 4.79 Å². The van der Waals surface area contributed by atoms with Crippen LogP contribution in [0.15, 0.2) is 90.0 Å². The third kappa shape index (κ3) is 4.98. The summed E-state index contributed by atoms with van der Waals surface area (Å²) in [5, 5.41) is 4.90. The largest absolute Gasteiger partial charge is 0.494 e. The van der Waals surface area contributed by atoms with Crippen LogP contribution >= 0.6 is 24.0 Å². The summed E-state index contributed by atoms with van der Waals surface area (Å²) in [7, 11) is 0. The first-order valence-corrected chi connectivity index (χ1v) is 12.9. The number of amides is 1. The van der Waals surface area contributed by atoms with E-state index >= 15 is 0 Å². The Morgan fingerprint density at radius 1 is 1.03 bits per heavy atom. The standard InChI is InChI=1S/C29H25N3O2S2/c1-3-34-25-15-14-22(16-20(25)2)27-23(19-32(30-27)24-12-8-5-9-13-24)17-26-28(33)31(29(35)36-26)18-21-10-6-4-7-11-21/h4-17,19H,3,18H2,1-2H3/b26-17+. The van der Waals surface area contributed by atoms with Crippen LogP contribution < -0.4 is 4.74 Å². The Kier molecular flexibility index (Phi) is 7.02. The third-order valence-corrected chi connectivity index (χ3v) is 7.23. The first-order chi connectivity index (χ1) is 17.5. The van der Waals surface area contributed by atoms with Crippen molar-refractivity contribution in [2.24, 2.45) is 0 Å². The molecule has 0 bridgehead atoms. The lowest BCUT2D eigenvalue weighted by molar-refractivity contribution is -0.122. The minimum absolute atomic E-state index is 0.0878. The first kappa shape index (κ1) is 24.0. The second kappa shape index (κ2) is 10.5. The highest BCUT2D eigenvalue weighted by molar-refractivity contribution is 8.26. The van der Waals surface area contributed by atoms with Crippen LogP contribution in [0.2, 0.25) is 0 Å². The lowest BCUT2D eigenvalue weighted by Crippen LogP contribution is -2.27. The van der Waals surface area contributed by atoms with E-state index in [1.165, 1.54) is 11.8 Å². The lowest BCUT2D eigenvalue weighted by atomic mass is 10.0. The van der Waals surface area contributed by atoms with Gasteiger partial charge in [-0.1, -0.05) is 72.5 Å². The first-order valence-electron chi connectivity index (χ1n) is 11.7. The fourth-order valence-electron chi connectivity index (χ4n) is 4.09. The van der Waals surface area contributed by atoms with Gasteiger partial charge in [0, 0.05) is 17.3 Å². The zero-order valence-corrected chi connectivity index (χ0v) is 21.7. The van der Waals surface area contributed by atoms with Crippen LogP contribution in [-0.2, 0) is 11.3 Å². The van der Waals surface area contributed by atoms with Gasteiger partial charge in [-0.05, 0) is 61.4 Å². The zero-order valence-electron chi connectivity index (χ0n) is 20.0. The molecule has 1 aliphatic heterocycles. The summed E-state index contributed by atoms with van der Waals surface area (Å²) in [5.41, 5.74) is 5.61. The molecule has 1 fully saturated rings. The van der Waals surface area contributed by atoms with E-state index < -0.39 is 0 Å². The van der Waals surface area contributed by atoms with Crippen LogP contribution in [0.3, 0.4) is 0 Å². The van der Waals surface area contributed by atoms with Crippen molar-refractivity contribution >= 4 is 40.3 Å². The Labute approximate surface area is 220 Å². The van der Waals surface area contributed by atoms with Crippen LogP contribution in [0.4, 0.5) is 0 Å². The number of rotatable bonds is 7. The monoisotopic (exact) mass is 511 g/mol. The zero-order chi connectivity index (χ0) is 25.1. The normalized spacial score (nSPS) is 14.6. The van der Waals surface area contributed by atoms with Gasteiger partial charge < -0.3 is 4.74 Å². The molecule has 1 saturated heterocycles. The van der Waals surface area contributed by atoms with E-state index in [1.807, 2.05) is 104 Å². The van der Waals surface area contributed by atoms with E-state index in [-0.39, 0.29) is 5.91 Å². The van der Waals surface area contributed by atoms with Gasteiger partial charge in [-0.15, -0.1) is 0 Å². The SMILES string of the molecule is CCOc1ccc(-c2nn(-c3ccccc3)cc2/C=C2/SC(=S)N(Cc3ccccc3)C2=O)cc1C. The lowest BCUT2D eigenvalue weighted by Gasteiger charge is -2.14. The van der Waals surface area contributed by atoms with Crippen molar-refractivity contribution in [2.75, 3.05) is 6.61 Å². The molecule has 2 heterocycles. The molecule has 1 aliphatic rings. The predicted octanol–water partition coefficient (Wildman–Crippen LogP) is 6.65. The summed E-state index contributed by atoms with van der Waals surface area (Å²) in [4.78, 5) is 15.6. The molecule has 1 amide bonds. The number of aromatic nitrogens is 2. The van der Waals surface area contributed by atoms with Crippen LogP contribution in [-0.4, -0.2) is 31.5 Å². The fraction of sp³-hybridized carbons (Fsp3) is 0.138. The number of carbonyl (C=O) groups excluding carboxylic acids is 1. The van der Waals surface area contributed by atoms with Crippen molar-refractivity contribution in [3.05, 3.63) is 107 Å². The molecule has 0 spiro atoms. The summed E-state index contributed by atoms with van der Waals surface area (Å²) in [6, 6.07) is 25.9. The molecule has 0 atom stereocenters. The second-order valence-electron chi connectivity index (χ2n) is 8.38. The molecule has 4 aromatic rings. The van der Waals surface area contributed by atoms with E-state index in [4.69, 9.17) is 22.1 Å². The summed E-state index contributed by atoms with van der Waals surface area (Å²) in [6.07, 6.45) is 3.86. The summed E-state index contributed by atoms with van der Waals surface area (Å²) >= 11 is 6.90. The van der Waals surface area contributed by atoms with E-state index in [0.29, 0.717) is 22.4 Å². The molecule has 0 saturated carbocycles. The molecule has 36 heavy (non-hydrogen) atoms. The van der Waals surface area contributed by atoms with Crippen LogP contribution in [0.25, 0.3) is 23.0 Å². The number of hydrogen-bond donors (Lipinski definition) is 0. The molecule has 0 N–H and O–H groups in total. The van der Waals surface area contributed by atoms with Gasteiger partial charge in [0.1, 0.15) is 15.8 Å². The topological polar surface area (TPSA) is 47.4 Å². The minimum Gasteiger partial charge on any atom is -0.494 e. The average molecular weight is 512 g/mol. The Morgan fingerprint density at radius 3 is 2.44 bits per heavy atom. The Bertz CT molecular complexity index is 1450. The molecule has 0 radical (unpaired) electrons. The number of benzene rings is 3. The highest BCUT2D eigenvalue weighted by Crippen LogP contribution is 2.36. The smallest absolute Gasteiger partial charge is 0.266 e. The van der Waals surface area contributed by atoms with Crippen molar-refractivity contribution in [1.82, 2.24) is 14.7 Å². The second-order valence-corrected chi connectivity index (χ2v) is 10.1. The minimum atomic E-state index is -0.0878. The number of para-hydroxylation sites is 1. The number of aryl methyl sites for hydroxylation is 1. The van der Waals surface area contributed by atoms with Gasteiger partial charge in [0.2, 0.25) is 0 Å². The Morgan fingerprint density at radius 2 is 1.75 bits per heavy atom. The molecule has 0 aliphatic carbocycles. The van der Waals surface area contributed by atoms with Gasteiger partial charge in [-0.25, -0.2) is 4.68 Å². The molecule has 0 unspecified atom stereocenters. The van der Waals surface area contributed by atoms with E-state index in [1.54, 1.807) is 4.90 Å². The molecular weight excluding hydrogens is 486 g/mol. The van der Waals surface area contributed by atoms with Crippen molar-refractivity contribution in [2.45, 2.75) is 20.4 Å². The quantitative estimate of drug-likeness (QED) is 0.205.